The maximum absolute atomic E-state index is 5.61. The lowest BCUT2D eigenvalue weighted by Crippen LogP contribution is -1.95. The summed E-state index contributed by atoms with van der Waals surface area (Å²) in [6.45, 7) is 1.99. The van der Waals surface area contributed by atoms with Crippen molar-refractivity contribution in [3.63, 3.8) is 0 Å². The minimum atomic E-state index is 0.701. The fourth-order valence-corrected chi connectivity index (χ4v) is 5.08. The zero-order valence-electron chi connectivity index (χ0n) is 14.0. The van der Waals surface area contributed by atoms with Gasteiger partial charge < -0.3 is 0 Å². The van der Waals surface area contributed by atoms with Crippen LogP contribution in [-0.4, -0.2) is 18.4 Å². The Labute approximate surface area is 216 Å². The van der Waals surface area contributed by atoms with Crippen LogP contribution in [0.4, 0.5) is 5.69 Å². The molecule has 3 nitrogen and oxygen atoms in total. The molecule has 2 aromatic carbocycles. The molecule has 0 atom stereocenters. The van der Waals surface area contributed by atoms with Gasteiger partial charge in [-0.2, -0.15) is 0 Å². The van der Waals surface area contributed by atoms with Crippen LogP contribution >= 0.6 is 105 Å². The first-order chi connectivity index (χ1) is 12.9. The Morgan fingerprint density at radius 2 is 1.67 bits per heavy atom. The van der Waals surface area contributed by atoms with Crippen LogP contribution < -0.4 is 0 Å². The summed E-state index contributed by atoms with van der Waals surface area (Å²) in [6.07, 6.45) is 1.80. The van der Waals surface area contributed by atoms with Crippen LogP contribution in [0.2, 0.25) is 0 Å². The molecule has 0 aliphatic carbocycles. The molecule has 0 amide bonds. The van der Waals surface area contributed by atoms with E-state index in [9.17, 15) is 0 Å². The number of para-hydroxylation sites is 1. The topological polar surface area (TPSA) is 33.1 Å². The van der Waals surface area contributed by atoms with E-state index in [-0.39, 0.29) is 0 Å². The van der Waals surface area contributed by atoms with Crippen LogP contribution in [-0.2, 0) is 0 Å². The number of hydrogen-bond acceptors (Lipinski definition) is 2. The van der Waals surface area contributed by atoms with Gasteiger partial charge in [0.2, 0.25) is 0 Å². The Kier molecular flexibility index (Phi) is 10.2. The third-order valence-electron chi connectivity index (χ3n) is 3.44. The monoisotopic (exact) mass is 795 g/mol. The van der Waals surface area contributed by atoms with Gasteiger partial charge in [-0.3, -0.25) is 10.1 Å². The average molecular weight is 798 g/mol. The number of aliphatic imine (C=N–C) groups is 1. The van der Waals surface area contributed by atoms with E-state index < -0.39 is 0 Å². The summed E-state index contributed by atoms with van der Waals surface area (Å²) in [5.41, 5.74) is 3.68. The van der Waals surface area contributed by atoms with Crippen LogP contribution in [0.25, 0.3) is 5.69 Å². The van der Waals surface area contributed by atoms with Crippen LogP contribution in [0.15, 0.2) is 60.9 Å². The number of rotatable bonds is 3. The van der Waals surface area contributed by atoms with Gasteiger partial charge in [0.05, 0.1) is 19.4 Å². The summed E-state index contributed by atoms with van der Waals surface area (Å²) >= 11 is 20.7. The Morgan fingerprint density at radius 1 is 1.11 bits per heavy atom. The van der Waals surface area contributed by atoms with Crippen molar-refractivity contribution in [2.24, 2.45) is 4.99 Å². The van der Waals surface area contributed by atoms with Gasteiger partial charge in [0.1, 0.15) is 4.64 Å². The van der Waals surface area contributed by atoms with E-state index >= 15 is 0 Å². The molecule has 1 heterocycles. The number of aromatic amines is 1. The molecule has 0 bridgehead atoms. The molecule has 0 spiro atoms. The normalized spacial score (nSPS) is 10.7. The molecule has 0 saturated heterocycles. The second-order valence-corrected chi connectivity index (χ2v) is 12.7. The van der Waals surface area contributed by atoms with Crippen LogP contribution in [0.3, 0.4) is 0 Å². The van der Waals surface area contributed by atoms with Gasteiger partial charge in [-0.05, 0) is 63.0 Å². The highest BCUT2D eigenvalue weighted by molar-refractivity contribution is 14.2. The largest absolute Gasteiger partial charge is 0.297 e. The predicted molar refractivity (Wildman–Crippen MR) is 145 cm³/mol. The molecular formula is C18H14Br3I2N3S. The molecule has 9 heteroatoms. The summed E-state index contributed by atoms with van der Waals surface area (Å²) in [6, 6.07) is 13.9. The molecule has 3 aromatic rings. The third kappa shape index (κ3) is 6.46. The van der Waals surface area contributed by atoms with Gasteiger partial charge in [0.25, 0.3) is 0 Å². The molecule has 1 N–H and O–H groups in total. The standard InChI is InChI=1S/C17H12Br3N3S.CH2I2/c1-10-13(9-21-16-14(19)7-11(18)8-15(16)20)17(24)23(22-10)12-5-3-2-4-6-12;2-1-3/h2-9,22H,1H3;1H2. The van der Waals surface area contributed by atoms with E-state index in [4.69, 9.17) is 12.2 Å². The van der Waals surface area contributed by atoms with Crippen molar-refractivity contribution in [1.29, 1.82) is 0 Å². The first-order valence-corrected chi connectivity index (χ1v) is 13.4. The summed E-state index contributed by atoms with van der Waals surface area (Å²) in [7, 11) is 0. The molecule has 142 valence electrons. The Hall–Kier alpha value is 0.440. The van der Waals surface area contributed by atoms with Crippen molar-refractivity contribution < 1.29 is 0 Å². The van der Waals surface area contributed by atoms with Gasteiger partial charge in [0, 0.05) is 25.3 Å². The van der Waals surface area contributed by atoms with Crippen molar-refractivity contribution in [2.75, 3.05) is 2.43 Å². The van der Waals surface area contributed by atoms with E-state index in [0.717, 1.165) is 36.1 Å². The molecular weight excluding hydrogens is 784 g/mol. The van der Waals surface area contributed by atoms with Gasteiger partial charge in [-0.1, -0.05) is 91.5 Å². The number of nitrogens with one attached hydrogen (secondary N) is 1. The fourth-order valence-electron chi connectivity index (χ4n) is 2.26. The quantitative estimate of drug-likeness (QED) is 0.122. The number of nitrogens with zero attached hydrogens (tertiary/aromatic N) is 2. The second-order valence-electron chi connectivity index (χ2n) is 5.20. The van der Waals surface area contributed by atoms with Crippen LogP contribution in [0.5, 0.6) is 0 Å². The number of H-pyrrole nitrogens is 1. The number of aromatic nitrogens is 2. The average Bonchev–Trinajstić information content (AvgIpc) is 2.90. The Bertz CT molecular complexity index is 978. The molecule has 0 unspecified atom stereocenters. The molecule has 0 radical (unpaired) electrons. The van der Waals surface area contributed by atoms with Crippen molar-refractivity contribution in [1.82, 2.24) is 9.78 Å². The number of alkyl halides is 2. The van der Waals surface area contributed by atoms with E-state index in [1.807, 2.05) is 54.1 Å². The Morgan fingerprint density at radius 3 is 2.22 bits per heavy atom. The number of hydrogen-bond donors (Lipinski definition) is 1. The van der Waals surface area contributed by atoms with Gasteiger partial charge >= 0.3 is 0 Å². The molecule has 0 aliphatic heterocycles. The van der Waals surface area contributed by atoms with E-state index in [2.05, 4.69) is 103 Å². The van der Waals surface area contributed by atoms with Crippen LogP contribution in [0, 0.1) is 11.6 Å². The maximum Gasteiger partial charge on any atom is 0.136 e. The zero-order valence-corrected chi connectivity index (χ0v) is 23.9. The fraction of sp³-hybridized carbons (Fsp3) is 0.111. The van der Waals surface area contributed by atoms with Gasteiger partial charge in [0.15, 0.2) is 0 Å². The lowest BCUT2D eigenvalue weighted by Gasteiger charge is -2.02. The molecule has 1 aromatic heterocycles. The van der Waals surface area contributed by atoms with E-state index in [1.165, 1.54) is 2.43 Å². The molecule has 3 rings (SSSR count). The van der Waals surface area contributed by atoms with Gasteiger partial charge in [-0.25, -0.2) is 4.68 Å². The minimum absolute atomic E-state index is 0.701. The maximum atomic E-state index is 5.61. The smallest absolute Gasteiger partial charge is 0.136 e. The lowest BCUT2D eigenvalue weighted by molar-refractivity contribution is 0.853. The van der Waals surface area contributed by atoms with Crippen molar-refractivity contribution >= 4 is 117 Å². The molecule has 27 heavy (non-hydrogen) atoms. The summed E-state index contributed by atoms with van der Waals surface area (Å²) in [5, 5.41) is 3.29. The summed E-state index contributed by atoms with van der Waals surface area (Å²) in [4.78, 5) is 4.61. The highest BCUT2D eigenvalue weighted by Gasteiger charge is 2.09. The molecule has 0 saturated carbocycles. The summed E-state index contributed by atoms with van der Waals surface area (Å²) in [5.74, 6) is 0. The van der Waals surface area contributed by atoms with E-state index in [1.54, 1.807) is 6.21 Å². The van der Waals surface area contributed by atoms with Crippen LogP contribution in [0.1, 0.15) is 11.3 Å². The lowest BCUT2D eigenvalue weighted by atomic mass is 10.3. The SMILES string of the molecule is Cc1[nH]n(-c2ccccc2)c(=S)c1C=Nc1c(Br)cc(Br)cc1Br.ICI. The minimum Gasteiger partial charge on any atom is -0.297 e. The van der Waals surface area contributed by atoms with Crippen molar-refractivity contribution in [3.05, 3.63) is 71.8 Å². The Balaban J connectivity index is 0.000000817. The summed E-state index contributed by atoms with van der Waals surface area (Å²) < 4.78 is 6.55. The van der Waals surface area contributed by atoms with Crippen molar-refractivity contribution in [2.45, 2.75) is 6.92 Å². The second kappa shape index (κ2) is 11.6. The highest BCUT2D eigenvalue weighted by Crippen LogP contribution is 2.36. The number of aryl methyl sites for hydroxylation is 1. The third-order valence-corrected chi connectivity index (χ3v) is 5.51. The highest BCUT2D eigenvalue weighted by atomic mass is 127. The number of halogens is 5. The van der Waals surface area contributed by atoms with E-state index in [0.29, 0.717) is 4.64 Å². The predicted octanol–water partition coefficient (Wildman–Crippen LogP) is 8.70. The molecule has 0 fully saturated rings. The zero-order chi connectivity index (χ0) is 20.0. The molecule has 0 aliphatic rings. The first kappa shape index (κ1) is 23.7. The number of benzene rings is 2. The van der Waals surface area contributed by atoms with Gasteiger partial charge in [-0.15, -0.1) is 0 Å². The van der Waals surface area contributed by atoms with Crippen molar-refractivity contribution in [3.8, 4) is 5.69 Å². The first-order valence-electron chi connectivity index (χ1n) is 7.56.